The Bertz CT molecular complexity index is 155. The zero-order chi connectivity index (χ0) is 12.4. The Kier molecular flexibility index (Phi) is 8.96. The van der Waals surface area contributed by atoms with Gasteiger partial charge in [0.15, 0.2) is 0 Å². The van der Waals surface area contributed by atoms with E-state index in [0.29, 0.717) is 6.61 Å². The molecule has 1 N–H and O–H groups in total. The maximum absolute atomic E-state index is 9.99. The van der Waals surface area contributed by atoms with Crippen LogP contribution < -0.4 is 0 Å². The van der Waals surface area contributed by atoms with E-state index in [0.717, 1.165) is 12.8 Å². The fourth-order valence-electron chi connectivity index (χ4n) is 1.93. The summed E-state index contributed by atoms with van der Waals surface area (Å²) in [7, 11) is 0. The molecule has 0 fully saturated rings. The van der Waals surface area contributed by atoms with Crippen LogP contribution in [0.2, 0.25) is 0 Å². The van der Waals surface area contributed by atoms with Crippen molar-refractivity contribution in [3.8, 4) is 0 Å². The Morgan fingerprint density at radius 1 is 1.00 bits per heavy atom. The van der Waals surface area contributed by atoms with Crippen molar-refractivity contribution >= 4 is 0 Å². The van der Waals surface area contributed by atoms with Crippen LogP contribution in [0.15, 0.2) is 0 Å². The van der Waals surface area contributed by atoms with Gasteiger partial charge in [0.1, 0.15) is 0 Å². The number of hydrogen-bond acceptors (Lipinski definition) is 2. The minimum absolute atomic E-state index is 0.335. The SMILES string of the molecule is CCCCCCCCC(O)C(C)(C)OCC. The van der Waals surface area contributed by atoms with Crippen LogP contribution >= 0.6 is 0 Å². The molecule has 0 aliphatic heterocycles. The second kappa shape index (κ2) is 9.00. The lowest BCUT2D eigenvalue weighted by molar-refractivity contribution is -0.0992. The number of aliphatic hydroxyl groups excluding tert-OH is 1. The summed E-state index contributed by atoms with van der Waals surface area (Å²) in [6.07, 6.45) is 8.14. The van der Waals surface area contributed by atoms with Crippen molar-refractivity contribution < 1.29 is 9.84 Å². The molecular formula is C14H30O2. The average molecular weight is 230 g/mol. The van der Waals surface area contributed by atoms with E-state index in [1.54, 1.807) is 0 Å². The van der Waals surface area contributed by atoms with Gasteiger partial charge in [-0.05, 0) is 27.2 Å². The molecule has 1 atom stereocenters. The molecule has 0 aromatic heterocycles. The molecule has 0 saturated heterocycles. The molecule has 0 saturated carbocycles. The maximum atomic E-state index is 9.99. The van der Waals surface area contributed by atoms with Crippen molar-refractivity contribution in [1.29, 1.82) is 0 Å². The first-order chi connectivity index (χ1) is 7.54. The van der Waals surface area contributed by atoms with Crippen molar-refractivity contribution in [3.63, 3.8) is 0 Å². The van der Waals surface area contributed by atoms with E-state index >= 15 is 0 Å². The monoisotopic (exact) mass is 230 g/mol. The van der Waals surface area contributed by atoms with E-state index < -0.39 is 5.60 Å². The number of hydrogen-bond donors (Lipinski definition) is 1. The number of ether oxygens (including phenoxy) is 1. The smallest absolute Gasteiger partial charge is 0.0884 e. The van der Waals surface area contributed by atoms with Gasteiger partial charge in [0.25, 0.3) is 0 Å². The topological polar surface area (TPSA) is 29.5 Å². The fraction of sp³-hybridized carbons (Fsp3) is 1.00. The van der Waals surface area contributed by atoms with Gasteiger partial charge in [0.2, 0.25) is 0 Å². The predicted molar refractivity (Wildman–Crippen MR) is 69.7 cm³/mol. The van der Waals surface area contributed by atoms with E-state index in [1.165, 1.54) is 32.1 Å². The lowest BCUT2D eigenvalue weighted by atomic mass is 9.95. The van der Waals surface area contributed by atoms with Gasteiger partial charge < -0.3 is 9.84 Å². The Morgan fingerprint density at radius 2 is 1.56 bits per heavy atom. The summed E-state index contributed by atoms with van der Waals surface area (Å²) in [5.74, 6) is 0. The number of unbranched alkanes of at least 4 members (excludes halogenated alkanes) is 5. The summed E-state index contributed by atoms with van der Waals surface area (Å²) in [5, 5.41) is 9.99. The predicted octanol–water partition coefficient (Wildman–Crippen LogP) is 3.91. The highest BCUT2D eigenvalue weighted by Crippen LogP contribution is 2.20. The van der Waals surface area contributed by atoms with Gasteiger partial charge in [-0.15, -0.1) is 0 Å². The van der Waals surface area contributed by atoms with Gasteiger partial charge >= 0.3 is 0 Å². The summed E-state index contributed by atoms with van der Waals surface area (Å²) in [6.45, 7) is 8.81. The summed E-state index contributed by atoms with van der Waals surface area (Å²) < 4.78 is 5.54. The molecule has 98 valence electrons. The summed E-state index contributed by atoms with van der Waals surface area (Å²) in [5.41, 5.74) is -0.391. The normalized spacial score (nSPS) is 14.1. The van der Waals surface area contributed by atoms with Crippen LogP contribution in [0.3, 0.4) is 0 Å². The van der Waals surface area contributed by atoms with Crippen molar-refractivity contribution in [3.05, 3.63) is 0 Å². The zero-order valence-corrected chi connectivity index (χ0v) is 11.6. The maximum Gasteiger partial charge on any atom is 0.0884 e. The second-order valence-corrected chi connectivity index (χ2v) is 5.11. The van der Waals surface area contributed by atoms with E-state index in [1.807, 2.05) is 20.8 Å². The van der Waals surface area contributed by atoms with Crippen molar-refractivity contribution in [2.24, 2.45) is 0 Å². The second-order valence-electron chi connectivity index (χ2n) is 5.11. The Hall–Kier alpha value is -0.0800. The molecule has 2 nitrogen and oxygen atoms in total. The molecule has 1 unspecified atom stereocenters. The van der Waals surface area contributed by atoms with Crippen molar-refractivity contribution in [2.75, 3.05) is 6.61 Å². The highest BCUT2D eigenvalue weighted by molar-refractivity contribution is 4.78. The summed E-state index contributed by atoms with van der Waals surface area (Å²) in [6, 6.07) is 0. The van der Waals surface area contributed by atoms with E-state index in [-0.39, 0.29) is 6.10 Å². The molecule has 0 spiro atoms. The lowest BCUT2D eigenvalue weighted by Gasteiger charge is -2.30. The van der Waals surface area contributed by atoms with Gasteiger partial charge in [-0.2, -0.15) is 0 Å². The quantitative estimate of drug-likeness (QED) is 0.576. The Labute approximate surface area is 101 Å². The molecule has 16 heavy (non-hydrogen) atoms. The lowest BCUT2D eigenvalue weighted by Crippen LogP contribution is -2.39. The number of rotatable bonds is 10. The summed E-state index contributed by atoms with van der Waals surface area (Å²) in [4.78, 5) is 0. The molecule has 2 heteroatoms. The first-order valence-electron chi connectivity index (χ1n) is 6.86. The Balaban J connectivity index is 3.52. The molecule has 0 heterocycles. The molecule has 0 aliphatic carbocycles. The van der Waals surface area contributed by atoms with Crippen LogP contribution in [-0.2, 0) is 4.74 Å². The molecule has 0 bridgehead atoms. The van der Waals surface area contributed by atoms with Gasteiger partial charge in [-0.25, -0.2) is 0 Å². The molecule has 0 aliphatic rings. The first-order valence-corrected chi connectivity index (χ1v) is 6.86. The van der Waals surface area contributed by atoms with Crippen LogP contribution in [0, 0.1) is 0 Å². The van der Waals surface area contributed by atoms with Crippen molar-refractivity contribution in [2.45, 2.75) is 84.3 Å². The van der Waals surface area contributed by atoms with Crippen LogP contribution in [0.25, 0.3) is 0 Å². The van der Waals surface area contributed by atoms with Crippen LogP contribution in [0.4, 0.5) is 0 Å². The molecular weight excluding hydrogens is 200 g/mol. The minimum Gasteiger partial charge on any atom is -0.390 e. The largest absolute Gasteiger partial charge is 0.390 e. The minimum atomic E-state index is -0.391. The molecule has 0 aromatic rings. The van der Waals surface area contributed by atoms with Crippen molar-refractivity contribution in [1.82, 2.24) is 0 Å². The third-order valence-electron chi connectivity index (χ3n) is 3.15. The standard InChI is InChI=1S/C14H30O2/c1-5-7-8-9-10-11-12-13(15)14(3,4)16-6-2/h13,15H,5-12H2,1-4H3. The third-order valence-corrected chi connectivity index (χ3v) is 3.15. The molecule has 0 radical (unpaired) electrons. The van der Waals surface area contributed by atoms with E-state index in [4.69, 9.17) is 4.74 Å². The Morgan fingerprint density at radius 3 is 2.12 bits per heavy atom. The zero-order valence-electron chi connectivity index (χ0n) is 11.6. The van der Waals surface area contributed by atoms with Gasteiger partial charge in [0, 0.05) is 6.61 Å². The van der Waals surface area contributed by atoms with E-state index in [2.05, 4.69) is 6.92 Å². The fourth-order valence-corrected chi connectivity index (χ4v) is 1.93. The highest BCUT2D eigenvalue weighted by atomic mass is 16.5. The number of aliphatic hydroxyl groups is 1. The van der Waals surface area contributed by atoms with Gasteiger partial charge in [-0.3, -0.25) is 0 Å². The third kappa shape index (κ3) is 7.24. The first kappa shape index (κ1) is 15.9. The summed E-state index contributed by atoms with van der Waals surface area (Å²) >= 11 is 0. The van der Waals surface area contributed by atoms with Gasteiger partial charge in [0.05, 0.1) is 11.7 Å². The van der Waals surface area contributed by atoms with E-state index in [9.17, 15) is 5.11 Å². The van der Waals surface area contributed by atoms with Crippen LogP contribution in [0.1, 0.15) is 72.6 Å². The van der Waals surface area contributed by atoms with Gasteiger partial charge in [-0.1, -0.05) is 45.4 Å². The molecule has 0 rings (SSSR count). The highest BCUT2D eigenvalue weighted by Gasteiger charge is 2.27. The molecule has 0 amide bonds. The average Bonchev–Trinajstić information content (AvgIpc) is 2.22. The van der Waals surface area contributed by atoms with Crippen LogP contribution in [0.5, 0.6) is 0 Å². The molecule has 0 aromatic carbocycles. The van der Waals surface area contributed by atoms with Crippen LogP contribution in [-0.4, -0.2) is 23.4 Å².